The maximum Gasteiger partial charge on any atom is 0.322 e. The van der Waals surface area contributed by atoms with Crippen molar-refractivity contribution in [3.63, 3.8) is 0 Å². The molecule has 0 unspecified atom stereocenters. The molecule has 3 N–H and O–H groups in total. The average Bonchev–Trinajstić information content (AvgIpc) is 2.26. The molecular weight excluding hydrogens is 223 g/mol. The van der Waals surface area contributed by atoms with Gasteiger partial charge >= 0.3 is 5.97 Å². The normalized spacial score (nSPS) is 9.47. The summed E-state index contributed by atoms with van der Waals surface area (Å²) in [6.45, 7) is 0.958. The van der Waals surface area contributed by atoms with E-state index in [4.69, 9.17) is 5.11 Å². The predicted octanol–water partition coefficient (Wildman–Crippen LogP) is 0.459. The summed E-state index contributed by atoms with van der Waals surface area (Å²) in [6, 6.07) is 6.14. The zero-order valence-electron chi connectivity index (χ0n) is 9.19. The van der Waals surface area contributed by atoms with E-state index in [1.807, 2.05) is 0 Å². The minimum absolute atomic E-state index is 0.201. The summed E-state index contributed by atoms with van der Waals surface area (Å²) in [4.78, 5) is 32.4. The van der Waals surface area contributed by atoms with Crippen molar-refractivity contribution in [2.24, 2.45) is 0 Å². The molecule has 0 spiro atoms. The molecule has 2 amide bonds. The van der Waals surface area contributed by atoms with Crippen molar-refractivity contribution < 1.29 is 19.5 Å². The quantitative estimate of drug-likeness (QED) is 0.706. The third-order valence-corrected chi connectivity index (χ3v) is 1.87. The number of carbonyl (C=O) groups excluding carboxylic acids is 2. The molecule has 0 heterocycles. The van der Waals surface area contributed by atoms with Gasteiger partial charge in [0.15, 0.2) is 0 Å². The number of nitrogens with one attached hydrogen (secondary N) is 2. The van der Waals surface area contributed by atoms with Crippen LogP contribution in [-0.4, -0.2) is 29.4 Å². The van der Waals surface area contributed by atoms with Crippen LogP contribution >= 0.6 is 0 Å². The molecule has 6 heteroatoms. The van der Waals surface area contributed by atoms with E-state index >= 15 is 0 Å². The van der Waals surface area contributed by atoms with Crippen LogP contribution in [-0.2, 0) is 9.59 Å². The summed E-state index contributed by atoms with van der Waals surface area (Å²) in [5.74, 6) is -1.77. The van der Waals surface area contributed by atoms with E-state index in [1.165, 1.54) is 19.1 Å². The van der Waals surface area contributed by atoms with Gasteiger partial charge in [0, 0.05) is 18.2 Å². The second kappa shape index (κ2) is 5.64. The Morgan fingerprint density at radius 1 is 1.18 bits per heavy atom. The van der Waals surface area contributed by atoms with E-state index in [0.717, 1.165) is 0 Å². The Labute approximate surface area is 97.6 Å². The van der Waals surface area contributed by atoms with Crippen LogP contribution in [0.5, 0.6) is 0 Å². The van der Waals surface area contributed by atoms with Crippen LogP contribution in [0.15, 0.2) is 24.3 Å². The highest BCUT2D eigenvalue weighted by Gasteiger charge is 2.06. The van der Waals surface area contributed by atoms with Gasteiger partial charge in [-0.3, -0.25) is 14.4 Å². The largest absolute Gasteiger partial charge is 0.480 e. The zero-order chi connectivity index (χ0) is 12.8. The van der Waals surface area contributed by atoms with Gasteiger partial charge in [-0.25, -0.2) is 0 Å². The molecule has 0 saturated carbocycles. The molecule has 0 aromatic heterocycles. The van der Waals surface area contributed by atoms with E-state index in [9.17, 15) is 14.4 Å². The molecular formula is C11H12N2O4. The van der Waals surface area contributed by atoms with Crippen LogP contribution in [0, 0.1) is 0 Å². The van der Waals surface area contributed by atoms with E-state index in [1.54, 1.807) is 12.1 Å². The summed E-state index contributed by atoms with van der Waals surface area (Å²) in [5, 5.41) is 13.2. The molecule has 0 radical (unpaired) electrons. The van der Waals surface area contributed by atoms with Crippen LogP contribution < -0.4 is 10.6 Å². The standard InChI is InChI=1S/C11H12N2O4/c1-7(14)13-9-4-2-8(3-5-9)11(17)12-6-10(15)16/h2-5H,6H2,1H3,(H,12,17)(H,13,14)(H,15,16)/i6-1. The lowest BCUT2D eigenvalue weighted by Crippen LogP contribution is -2.29. The molecule has 0 aliphatic rings. The number of carboxylic acid groups (broad SMARTS) is 1. The van der Waals surface area contributed by atoms with Crippen LogP contribution in [0.3, 0.4) is 0 Å². The van der Waals surface area contributed by atoms with Crippen molar-refractivity contribution >= 4 is 23.5 Å². The topological polar surface area (TPSA) is 95.5 Å². The number of amides is 2. The Morgan fingerprint density at radius 2 is 1.76 bits per heavy atom. The number of anilines is 1. The Kier molecular flexibility index (Phi) is 4.21. The van der Waals surface area contributed by atoms with Gasteiger partial charge in [-0.2, -0.15) is 0 Å². The van der Waals surface area contributed by atoms with Gasteiger partial charge < -0.3 is 15.7 Å². The lowest BCUT2D eigenvalue weighted by molar-refractivity contribution is -0.135. The lowest BCUT2D eigenvalue weighted by Gasteiger charge is -2.04. The molecule has 17 heavy (non-hydrogen) atoms. The second-order valence-electron chi connectivity index (χ2n) is 3.33. The summed E-state index contributed by atoms with van der Waals surface area (Å²) >= 11 is 0. The van der Waals surface area contributed by atoms with Gasteiger partial charge in [-0.05, 0) is 24.3 Å². The highest BCUT2D eigenvalue weighted by molar-refractivity contribution is 5.96. The fraction of sp³-hybridized carbons (Fsp3) is 0.182. The number of hydrogen-bond acceptors (Lipinski definition) is 3. The molecule has 1 aromatic rings. The summed E-state index contributed by atoms with van der Waals surface area (Å²) < 4.78 is 0. The van der Waals surface area contributed by atoms with Crippen LogP contribution in [0.1, 0.15) is 17.3 Å². The molecule has 0 aliphatic carbocycles. The van der Waals surface area contributed by atoms with Crippen molar-refractivity contribution in [2.45, 2.75) is 6.92 Å². The van der Waals surface area contributed by atoms with Crippen LogP contribution in [0.25, 0.3) is 0 Å². The van der Waals surface area contributed by atoms with Crippen molar-refractivity contribution in [3.8, 4) is 0 Å². The van der Waals surface area contributed by atoms with Crippen molar-refractivity contribution in [3.05, 3.63) is 29.8 Å². The van der Waals surface area contributed by atoms with Crippen LogP contribution in [0.4, 0.5) is 5.69 Å². The highest BCUT2D eigenvalue weighted by Crippen LogP contribution is 2.09. The molecule has 1 aromatic carbocycles. The van der Waals surface area contributed by atoms with Gasteiger partial charge in [-0.1, -0.05) is 0 Å². The first-order valence-electron chi connectivity index (χ1n) is 4.86. The Morgan fingerprint density at radius 3 is 2.24 bits per heavy atom. The highest BCUT2D eigenvalue weighted by atomic mass is 16.4. The van der Waals surface area contributed by atoms with Crippen molar-refractivity contribution in [2.75, 3.05) is 11.9 Å². The first-order valence-corrected chi connectivity index (χ1v) is 4.86. The van der Waals surface area contributed by atoms with E-state index in [2.05, 4.69) is 10.6 Å². The molecule has 1 rings (SSSR count). The molecule has 0 fully saturated rings. The fourth-order valence-electron chi connectivity index (χ4n) is 1.17. The third-order valence-electron chi connectivity index (χ3n) is 1.87. The van der Waals surface area contributed by atoms with E-state index < -0.39 is 18.4 Å². The number of benzene rings is 1. The summed E-state index contributed by atoms with van der Waals surface area (Å²) in [5.41, 5.74) is 0.910. The number of aliphatic carboxylic acids is 1. The van der Waals surface area contributed by atoms with Crippen molar-refractivity contribution in [1.82, 2.24) is 5.32 Å². The summed E-state index contributed by atoms with van der Waals surface area (Å²) in [7, 11) is 0. The third kappa shape index (κ3) is 4.33. The fourth-order valence-corrected chi connectivity index (χ4v) is 1.17. The first-order chi connectivity index (χ1) is 7.99. The second-order valence-corrected chi connectivity index (χ2v) is 3.33. The molecule has 0 saturated heterocycles. The molecule has 0 aliphatic heterocycles. The van der Waals surface area contributed by atoms with Crippen molar-refractivity contribution in [1.29, 1.82) is 0 Å². The van der Waals surface area contributed by atoms with E-state index in [0.29, 0.717) is 11.3 Å². The number of carboxylic acids is 1. The summed E-state index contributed by atoms with van der Waals surface area (Å²) in [6.07, 6.45) is 0. The maximum atomic E-state index is 11.4. The van der Waals surface area contributed by atoms with Gasteiger partial charge in [0.2, 0.25) is 5.91 Å². The minimum Gasteiger partial charge on any atom is -0.480 e. The minimum atomic E-state index is -1.10. The molecule has 6 nitrogen and oxygen atoms in total. The Bertz CT molecular complexity index is 439. The van der Waals surface area contributed by atoms with Gasteiger partial charge in [0.1, 0.15) is 6.54 Å². The Hall–Kier alpha value is -2.37. The average molecular weight is 235 g/mol. The molecule has 0 atom stereocenters. The molecule has 90 valence electrons. The zero-order valence-corrected chi connectivity index (χ0v) is 9.19. The van der Waals surface area contributed by atoms with Gasteiger partial charge in [-0.15, -0.1) is 0 Å². The monoisotopic (exact) mass is 235 g/mol. The van der Waals surface area contributed by atoms with Gasteiger partial charge in [0.05, 0.1) is 0 Å². The van der Waals surface area contributed by atoms with E-state index in [-0.39, 0.29) is 5.91 Å². The molecule has 0 bridgehead atoms. The maximum absolute atomic E-state index is 11.4. The number of carbonyl (C=O) groups is 3. The van der Waals surface area contributed by atoms with Crippen LogP contribution in [0.2, 0.25) is 0 Å². The Balaban J connectivity index is 2.63. The lowest BCUT2D eigenvalue weighted by atomic mass is 10.1. The first kappa shape index (κ1) is 12.7. The smallest absolute Gasteiger partial charge is 0.322 e. The van der Waals surface area contributed by atoms with Gasteiger partial charge in [0.25, 0.3) is 5.91 Å². The predicted molar refractivity (Wildman–Crippen MR) is 60.7 cm³/mol. The number of rotatable bonds is 4. The SMILES string of the molecule is CC(=O)Nc1ccc(C(=O)N[11CH2]C(=O)O)cc1. The number of hydrogen-bond donors (Lipinski definition) is 3.